The van der Waals surface area contributed by atoms with Gasteiger partial charge in [-0.2, -0.15) is 0 Å². The Balaban J connectivity index is 1.91. The van der Waals surface area contributed by atoms with Gasteiger partial charge in [-0.05, 0) is 38.0 Å². The van der Waals surface area contributed by atoms with Gasteiger partial charge in [0.15, 0.2) is 0 Å². The summed E-state index contributed by atoms with van der Waals surface area (Å²) in [6.07, 6.45) is 5.96. The molecule has 2 fully saturated rings. The monoisotopic (exact) mass is 197 g/mol. The summed E-state index contributed by atoms with van der Waals surface area (Å²) >= 11 is 0. The Morgan fingerprint density at radius 1 is 1.29 bits per heavy atom. The molecule has 2 heteroatoms. The second-order valence-corrected chi connectivity index (χ2v) is 5.19. The van der Waals surface area contributed by atoms with Crippen molar-refractivity contribution in [2.75, 3.05) is 13.1 Å². The molecule has 0 amide bonds. The van der Waals surface area contributed by atoms with Gasteiger partial charge in [0.2, 0.25) is 0 Å². The molecule has 1 aliphatic carbocycles. The van der Waals surface area contributed by atoms with Crippen LogP contribution in [0, 0.1) is 5.92 Å². The van der Waals surface area contributed by atoms with Crippen LogP contribution in [0.5, 0.6) is 0 Å². The molecule has 0 spiro atoms. The molecular formula is C12H23NO. The summed E-state index contributed by atoms with van der Waals surface area (Å²) in [4.78, 5) is 2.53. The third-order valence-corrected chi connectivity index (χ3v) is 4.34. The second kappa shape index (κ2) is 3.82. The summed E-state index contributed by atoms with van der Waals surface area (Å²) in [6, 6.07) is 0.796. The first-order chi connectivity index (χ1) is 6.67. The third kappa shape index (κ3) is 1.82. The zero-order chi connectivity index (χ0) is 10.2. The zero-order valence-corrected chi connectivity index (χ0v) is 9.50. The standard InChI is InChI=1S/C12H23NO/c1-3-12(14,4-2)9-13-8-10-5-6-11(13)7-10/h10-11,14H,3-9H2,1-2H3. The quantitative estimate of drug-likeness (QED) is 0.745. The maximum atomic E-state index is 10.3. The summed E-state index contributed by atoms with van der Waals surface area (Å²) in [7, 11) is 0. The number of fused-ring (bicyclic) bond motifs is 2. The lowest BCUT2D eigenvalue weighted by Crippen LogP contribution is -2.45. The molecule has 2 unspecified atom stereocenters. The molecule has 14 heavy (non-hydrogen) atoms. The van der Waals surface area contributed by atoms with Gasteiger partial charge < -0.3 is 5.11 Å². The number of rotatable bonds is 4. The molecule has 0 radical (unpaired) electrons. The molecule has 2 aliphatic rings. The molecule has 1 aliphatic heterocycles. The first kappa shape index (κ1) is 10.4. The van der Waals surface area contributed by atoms with Crippen molar-refractivity contribution in [1.82, 2.24) is 4.90 Å². The lowest BCUT2D eigenvalue weighted by atomic mass is 9.96. The van der Waals surface area contributed by atoms with Crippen molar-refractivity contribution in [2.24, 2.45) is 5.92 Å². The summed E-state index contributed by atoms with van der Waals surface area (Å²) in [6.45, 7) is 6.34. The van der Waals surface area contributed by atoms with Crippen LogP contribution in [0.15, 0.2) is 0 Å². The van der Waals surface area contributed by atoms with Gasteiger partial charge in [0.25, 0.3) is 0 Å². The van der Waals surface area contributed by atoms with E-state index in [0.717, 1.165) is 31.3 Å². The molecule has 1 saturated heterocycles. The van der Waals surface area contributed by atoms with E-state index >= 15 is 0 Å². The topological polar surface area (TPSA) is 23.5 Å². The molecule has 2 atom stereocenters. The maximum Gasteiger partial charge on any atom is 0.0769 e. The molecule has 2 bridgehead atoms. The molecule has 1 heterocycles. The van der Waals surface area contributed by atoms with Crippen molar-refractivity contribution in [3.63, 3.8) is 0 Å². The van der Waals surface area contributed by atoms with Crippen LogP contribution in [0.4, 0.5) is 0 Å². The fourth-order valence-corrected chi connectivity index (χ4v) is 3.07. The fourth-order valence-electron chi connectivity index (χ4n) is 3.07. The van der Waals surface area contributed by atoms with Gasteiger partial charge in [-0.1, -0.05) is 13.8 Å². The largest absolute Gasteiger partial charge is 0.389 e. The zero-order valence-electron chi connectivity index (χ0n) is 9.50. The number of hydrogen-bond donors (Lipinski definition) is 1. The number of β-amino-alcohol motifs (C(OH)–C–C–N with tert-alkyl or cyclic N) is 1. The summed E-state index contributed by atoms with van der Waals surface area (Å²) in [5.74, 6) is 0.943. The van der Waals surface area contributed by atoms with Gasteiger partial charge in [0.1, 0.15) is 0 Å². The van der Waals surface area contributed by atoms with E-state index in [1.165, 1.54) is 25.8 Å². The SMILES string of the molecule is CCC(O)(CC)CN1CC2CCC1C2. The molecule has 0 aromatic carbocycles. The Morgan fingerprint density at radius 2 is 2.00 bits per heavy atom. The molecule has 2 rings (SSSR count). The van der Waals surface area contributed by atoms with E-state index in [2.05, 4.69) is 18.7 Å². The minimum absolute atomic E-state index is 0.426. The van der Waals surface area contributed by atoms with Gasteiger partial charge >= 0.3 is 0 Å². The average Bonchev–Trinajstić information content (AvgIpc) is 2.79. The first-order valence-corrected chi connectivity index (χ1v) is 6.13. The minimum atomic E-state index is -0.426. The highest BCUT2D eigenvalue weighted by molar-refractivity contribution is 4.95. The third-order valence-electron chi connectivity index (χ3n) is 4.34. The highest BCUT2D eigenvalue weighted by Crippen LogP contribution is 2.38. The summed E-state index contributed by atoms with van der Waals surface area (Å²) in [5.41, 5.74) is -0.426. The van der Waals surface area contributed by atoms with Crippen LogP contribution in [0.2, 0.25) is 0 Å². The Morgan fingerprint density at radius 3 is 2.43 bits per heavy atom. The Hall–Kier alpha value is -0.0800. The highest BCUT2D eigenvalue weighted by Gasteiger charge is 2.40. The minimum Gasteiger partial charge on any atom is -0.389 e. The number of likely N-dealkylation sites (tertiary alicyclic amines) is 1. The Labute approximate surface area is 87.3 Å². The van der Waals surface area contributed by atoms with Crippen LogP contribution in [0.1, 0.15) is 46.0 Å². The van der Waals surface area contributed by atoms with E-state index in [0.29, 0.717) is 0 Å². The highest BCUT2D eigenvalue weighted by atomic mass is 16.3. The molecule has 82 valence electrons. The predicted octanol–water partition coefficient (Wildman–Crippen LogP) is 2.02. The molecule has 0 aromatic heterocycles. The van der Waals surface area contributed by atoms with E-state index in [9.17, 15) is 5.11 Å². The smallest absolute Gasteiger partial charge is 0.0769 e. The van der Waals surface area contributed by atoms with E-state index < -0.39 is 5.60 Å². The molecule has 2 nitrogen and oxygen atoms in total. The van der Waals surface area contributed by atoms with Crippen molar-refractivity contribution in [2.45, 2.75) is 57.6 Å². The van der Waals surface area contributed by atoms with Crippen molar-refractivity contribution >= 4 is 0 Å². The van der Waals surface area contributed by atoms with Crippen LogP contribution < -0.4 is 0 Å². The average molecular weight is 197 g/mol. The van der Waals surface area contributed by atoms with Crippen molar-refractivity contribution in [3.05, 3.63) is 0 Å². The normalized spacial score (nSPS) is 32.8. The second-order valence-electron chi connectivity index (χ2n) is 5.19. The van der Waals surface area contributed by atoms with Gasteiger partial charge in [-0.15, -0.1) is 0 Å². The van der Waals surface area contributed by atoms with Crippen LogP contribution in [0.3, 0.4) is 0 Å². The van der Waals surface area contributed by atoms with Gasteiger partial charge in [0, 0.05) is 19.1 Å². The van der Waals surface area contributed by atoms with Crippen molar-refractivity contribution < 1.29 is 5.11 Å². The van der Waals surface area contributed by atoms with Crippen LogP contribution in [-0.4, -0.2) is 34.7 Å². The van der Waals surface area contributed by atoms with Gasteiger partial charge in [0.05, 0.1) is 5.60 Å². The lowest BCUT2D eigenvalue weighted by molar-refractivity contribution is -0.0111. The van der Waals surface area contributed by atoms with Crippen molar-refractivity contribution in [1.29, 1.82) is 0 Å². The summed E-state index contributed by atoms with van der Waals surface area (Å²) < 4.78 is 0. The van der Waals surface area contributed by atoms with Crippen LogP contribution in [0.25, 0.3) is 0 Å². The fraction of sp³-hybridized carbons (Fsp3) is 1.00. The van der Waals surface area contributed by atoms with E-state index in [1.807, 2.05) is 0 Å². The van der Waals surface area contributed by atoms with E-state index in [-0.39, 0.29) is 0 Å². The van der Waals surface area contributed by atoms with Crippen LogP contribution in [-0.2, 0) is 0 Å². The lowest BCUT2D eigenvalue weighted by Gasteiger charge is -2.35. The van der Waals surface area contributed by atoms with Crippen molar-refractivity contribution in [3.8, 4) is 0 Å². The van der Waals surface area contributed by atoms with E-state index in [1.54, 1.807) is 0 Å². The number of nitrogens with zero attached hydrogens (tertiary/aromatic N) is 1. The first-order valence-electron chi connectivity index (χ1n) is 6.13. The van der Waals surface area contributed by atoms with Crippen LogP contribution >= 0.6 is 0 Å². The van der Waals surface area contributed by atoms with E-state index in [4.69, 9.17) is 0 Å². The number of aliphatic hydroxyl groups is 1. The molecular weight excluding hydrogens is 174 g/mol. The predicted molar refractivity (Wildman–Crippen MR) is 58.2 cm³/mol. The Bertz CT molecular complexity index is 200. The maximum absolute atomic E-state index is 10.3. The Kier molecular flexibility index (Phi) is 2.85. The number of piperidine rings is 1. The summed E-state index contributed by atoms with van der Waals surface area (Å²) in [5, 5.41) is 10.3. The van der Waals surface area contributed by atoms with Gasteiger partial charge in [-0.25, -0.2) is 0 Å². The molecule has 1 N–H and O–H groups in total. The number of hydrogen-bond acceptors (Lipinski definition) is 2. The molecule has 1 saturated carbocycles. The van der Waals surface area contributed by atoms with Gasteiger partial charge in [-0.3, -0.25) is 4.90 Å². The molecule has 0 aromatic rings.